The third kappa shape index (κ3) is 4.02. The van der Waals surface area contributed by atoms with Gasteiger partial charge in [-0.05, 0) is 50.2 Å². The average molecular weight is 307 g/mol. The van der Waals surface area contributed by atoms with Gasteiger partial charge in [-0.25, -0.2) is 0 Å². The SMILES string of the molecule is CCNC(C)c1ccc(N(CC)Cc2ccco2)cc1Cl. The van der Waals surface area contributed by atoms with Crippen LogP contribution in [0.25, 0.3) is 0 Å². The molecule has 1 atom stereocenters. The molecule has 0 spiro atoms. The second-order valence-electron chi connectivity index (χ2n) is 5.08. The van der Waals surface area contributed by atoms with Crippen LogP contribution >= 0.6 is 11.6 Å². The number of rotatable bonds is 7. The van der Waals surface area contributed by atoms with Crippen LogP contribution in [0.1, 0.15) is 38.1 Å². The largest absolute Gasteiger partial charge is 0.467 e. The smallest absolute Gasteiger partial charge is 0.123 e. The fraction of sp³-hybridized carbons (Fsp3) is 0.412. The number of nitrogens with one attached hydrogen (secondary N) is 1. The summed E-state index contributed by atoms with van der Waals surface area (Å²) in [7, 11) is 0. The highest BCUT2D eigenvalue weighted by atomic mass is 35.5. The maximum absolute atomic E-state index is 6.45. The molecule has 0 fully saturated rings. The van der Waals surface area contributed by atoms with E-state index in [1.165, 1.54) is 0 Å². The Kier molecular flexibility index (Phi) is 5.71. The van der Waals surface area contributed by atoms with Crippen molar-refractivity contribution in [1.29, 1.82) is 0 Å². The van der Waals surface area contributed by atoms with Gasteiger partial charge in [0.05, 0.1) is 12.8 Å². The molecule has 0 radical (unpaired) electrons. The van der Waals surface area contributed by atoms with Crippen molar-refractivity contribution in [2.24, 2.45) is 0 Å². The third-order valence-corrected chi connectivity index (χ3v) is 3.96. The molecule has 3 nitrogen and oxygen atoms in total. The Balaban J connectivity index is 2.17. The highest BCUT2D eigenvalue weighted by Crippen LogP contribution is 2.28. The maximum Gasteiger partial charge on any atom is 0.123 e. The zero-order valence-electron chi connectivity index (χ0n) is 12.9. The maximum atomic E-state index is 6.45. The van der Waals surface area contributed by atoms with Crippen LogP contribution in [0.3, 0.4) is 0 Å². The molecule has 4 heteroatoms. The lowest BCUT2D eigenvalue weighted by molar-refractivity contribution is 0.503. The zero-order valence-corrected chi connectivity index (χ0v) is 13.7. The molecular weight excluding hydrogens is 284 g/mol. The minimum absolute atomic E-state index is 0.261. The molecule has 1 heterocycles. The van der Waals surface area contributed by atoms with Crippen molar-refractivity contribution in [2.75, 3.05) is 18.0 Å². The number of halogens is 1. The van der Waals surface area contributed by atoms with Gasteiger partial charge < -0.3 is 14.6 Å². The molecule has 0 saturated heterocycles. The fourth-order valence-corrected chi connectivity index (χ4v) is 2.79. The molecular formula is C17H23ClN2O. The van der Waals surface area contributed by atoms with E-state index in [-0.39, 0.29) is 6.04 Å². The van der Waals surface area contributed by atoms with Gasteiger partial charge in [0.15, 0.2) is 0 Å². The molecule has 0 aliphatic rings. The molecule has 114 valence electrons. The van der Waals surface area contributed by atoms with Gasteiger partial charge in [-0.15, -0.1) is 0 Å². The number of nitrogens with zero attached hydrogens (tertiary/aromatic N) is 1. The Morgan fingerprint density at radius 2 is 2.10 bits per heavy atom. The molecule has 0 aliphatic carbocycles. The third-order valence-electron chi connectivity index (χ3n) is 3.63. The van der Waals surface area contributed by atoms with Gasteiger partial charge in [0.1, 0.15) is 5.76 Å². The van der Waals surface area contributed by atoms with Crippen LogP contribution in [0.4, 0.5) is 5.69 Å². The summed E-state index contributed by atoms with van der Waals surface area (Å²) in [6.45, 7) is 8.94. The van der Waals surface area contributed by atoms with Crippen LogP contribution in [-0.4, -0.2) is 13.1 Å². The zero-order chi connectivity index (χ0) is 15.2. The number of furan rings is 1. The van der Waals surface area contributed by atoms with E-state index in [1.54, 1.807) is 6.26 Å². The molecule has 2 aromatic rings. The van der Waals surface area contributed by atoms with E-state index in [9.17, 15) is 0 Å². The number of anilines is 1. The molecule has 21 heavy (non-hydrogen) atoms. The molecule has 0 amide bonds. The van der Waals surface area contributed by atoms with Crippen LogP contribution in [-0.2, 0) is 6.54 Å². The highest BCUT2D eigenvalue weighted by molar-refractivity contribution is 6.31. The first kappa shape index (κ1) is 15.9. The summed E-state index contributed by atoms with van der Waals surface area (Å²) in [6, 6.07) is 10.4. The lowest BCUT2D eigenvalue weighted by Gasteiger charge is -2.23. The van der Waals surface area contributed by atoms with Gasteiger partial charge in [-0.3, -0.25) is 0 Å². The van der Waals surface area contributed by atoms with E-state index in [0.717, 1.165) is 41.7 Å². The van der Waals surface area contributed by atoms with Crippen LogP contribution in [0.2, 0.25) is 5.02 Å². The molecule has 0 bridgehead atoms. The van der Waals surface area contributed by atoms with Gasteiger partial charge >= 0.3 is 0 Å². The van der Waals surface area contributed by atoms with E-state index in [1.807, 2.05) is 18.2 Å². The van der Waals surface area contributed by atoms with E-state index in [4.69, 9.17) is 16.0 Å². The Hall–Kier alpha value is -1.45. The fourth-order valence-electron chi connectivity index (χ4n) is 2.46. The van der Waals surface area contributed by atoms with E-state index >= 15 is 0 Å². The molecule has 0 aliphatic heterocycles. The summed E-state index contributed by atoms with van der Waals surface area (Å²) in [5, 5.41) is 4.19. The summed E-state index contributed by atoms with van der Waals surface area (Å²) in [6.07, 6.45) is 1.71. The van der Waals surface area contributed by atoms with Gasteiger partial charge in [0.2, 0.25) is 0 Å². The van der Waals surface area contributed by atoms with Crippen LogP contribution in [0.5, 0.6) is 0 Å². The molecule has 1 aromatic carbocycles. The monoisotopic (exact) mass is 306 g/mol. The summed E-state index contributed by atoms with van der Waals surface area (Å²) >= 11 is 6.45. The van der Waals surface area contributed by atoms with E-state index in [2.05, 4.69) is 43.1 Å². The second kappa shape index (κ2) is 7.53. The lowest BCUT2D eigenvalue weighted by Crippen LogP contribution is -2.22. The minimum atomic E-state index is 0.261. The van der Waals surface area contributed by atoms with Crippen LogP contribution in [0, 0.1) is 0 Å². The summed E-state index contributed by atoms with van der Waals surface area (Å²) in [4.78, 5) is 2.24. The molecule has 2 rings (SSSR count). The van der Waals surface area contributed by atoms with Gasteiger partial charge in [-0.1, -0.05) is 24.6 Å². The standard InChI is InChI=1S/C17H23ClN2O/c1-4-19-13(3)16-9-8-14(11-17(16)18)20(5-2)12-15-7-6-10-21-15/h6-11,13,19H,4-5,12H2,1-3H3. The van der Waals surface area contributed by atoms with Crippen molar-refractivity contribution in [3.05, 3.63) is 52.9 Å². The van der Waals surface area contributed by atoms with Crippen molar-refractivity contribution in [1.82, 2.24) is 5.32 Å². The van der Waals surface area contributed by atoms with Crippen LogP contribution in [0.15, 0.2) is 41.0 Å². The quantitative estimate of drug-likeness (QED) is 0.808. The summed E-state index contributed by atoms with van der Waals surface area (Å²) in [5.41, 5.74) is 2.25. The Morgan fingerprint density at radius 1 is 1.29 bits per heavy atom. The van der Waals surface area contributed by atoms with Crippen molar-refractivity contribution >= 4 is 17.3 Å². The predicted octanol–water partition coefficient (Wildman–Crippen LogP) is 4.63. The first-order valence-corrected chi connectivity index (χ1v) is 7.83. The van der Waals surface area contributed by atoms with E-state index in [0.29, 0.717) is 0 Å². The molecule has 1 unspecified atom stereocenters. The number of hydrogen-bond acceptors (Lipinski definition) is 3. The van der Waals surface area contributed by atoms with Crippen molar-refractivity contribution in [2.45, 2.75) is 33.4 Å². The Morgan fingerprint density at radius 3 is 2.67 bits per heavy atom. The normalized spacial score (nSPS) is 12.4. The van der Waals surface area contributed by atoms with Crippen LogP contribution < -0.4 is 10.2 Å². The predicted molar refractivity (Wildman–Crippen MR) is 89.0 cm³/mol. The molecule has 0 saturated carbocycles. The second-order valence-corrected chi connectivity index (χ2v) is 5.49. The van der Waals surface area contributed by atoms with Crippen molar-refractivity contribution in [3.8, 4) is 0 Å². The molecule has 1 N–H and O–H groups in total. The Bertz CT molecular complexity index is 554. The minimum Gasteiger partial charge on any atom is -0.467 e. The van der Waals surface area contributed by atoms with Crippen molar-refractivity contribution < 1.29 is 4.42 Å². The highest BCUT2D eigenvalue weighted by Gasteiger charge is 2.12. The summed E-state index contributed by atoms with van der Waals surface area (Å²) in [5.74, 6) is 0.957. The number of benzene rings is 1. The Labute approximate surface area is 131 Å². The first-order chi connectivity index (χ1) is 10.2. The lowest BCUT2D eigenvalue weighted by atomic mass is 10.1. The van der Waals surface area contributed by atoms with E-state index < -0.39 is 0 Å². The van der Waals surface area contributed by atoms with Gasteiger partial charge in [0.25, 0.3) is 0 Å². The summed E-state index contributed by atoms with van der Waals surface area (Å²) < 4.78 is 5.43. The van der Waals surface area contributed by atoms with Crippen molar-refractivity contribution in [3.63, 3.8) is 0 Å². The topological polar surface area (TPSA) is 28.4 Å². The van der Waals surface area contributed by atoms with Gasteiger partial charge in [0, 0.05) is 23.3 Å². The average Bonchev–Trinajstić information content (AvgIpc) is 2.97. The molecule has 1 aromatic heterocycles. The number of hydrogen-bond donors (Lipinski definition) is 1. The first-order valence-electron chi connectivity index (χ1n) is 7.45. The van der Waals surface area contributed by atoms with Gasteiger partial charge in [-0.2, -0.15) is 0 Å².